The van der Waals surface area contributed by atoms with Gasteiger partial charge in [-0.1, -0.05) is 29.8 Å². The van der Waals surface area contributed by atoms with E-state index in [1.807, 2.05) is 32.0 Å². The van der Waals surface area contributed by atoms with E-state index in [1.165, 1.54) is 16.8 Å². The van der Waals surface area contributed by atoms with Crippen molar-refractivity contribution in [2.75, 3.05) is 0 Å². The molecule has 0 N–H and O–H groups in total. The van der Waals surface area contributed by atoms with Gasteiger partial charge in [0.15, 0.2) is 0 Å². The average molecular weight is 634 g/mol. The van der Waals surface area contributed by atoms with Gasteiger partial charge >= 0.3 is 0 Å². The van der Waals surface area contributed by atoms with Crippen LogP contribution in [0.2, 0.25) is 0 Å². The number of hydrogen-bond acceptors (Lipinski definition) is 7. The number of hydrogen-bond donors (Lipinski definition) is 0. The van der Waals surface area contributed by atoms with Gasteiger partial charge in [0.05, 0.1) is 25.6 Å². The van der Waals surface area contributed by atoms with Crippen LogP contribution >= 0.6 is 38.5 Å². The maximum Gasteiger partial charge on any atom is 0.287 e. The van der Waals surface area contributed by atoms with E-state index >= 15 is 0 Å². The zero-order valence-electron chi connectivity index (χ0n) is 18.0. The van der Waals surface area contributed by atoms with Crippen molar-refractivity contribution < 1.29 is 9.66 Å². The molecule has 0 bridgehead atoms. The van der Waals surface area contributed by atoms with Crippen LogP contribution in [-0.2, 0) is 0 Å². The van der Waals surface area contributed by atoms with Crippen molar-refractivity contribution in [3.05, 3.63) is 94.6 Å². The summed E-state index contributed by atoms with van der Waals surface area (Å²) in [6.07, 6.45) is 2.73. The van der Waals surface area contributed by atoms with Gasteiger partial charge in [-0.25, -0.2) is 9.97 Å². The predicted octanol–water partition coefficient (Wildman–Crippen LogP) is 5.86. The Bertz CT molecular complexity index is 1490. The van der Waals surface area contributed by atoms with Crippen molar-refractivity contribution in [3.63, 3.8) is 0 Å². The lowest BCUT2D eigenvalue weighted by atomic mass is 10.2. The number of benzene rings is 2. The van der Waals surface area contributed by atoms with Crippen LogP contribution in [0, 0.1) is 13.7 Å². The summed E-state index contributed by atoms with van der Waals surface area (Å²) in [5.41, 5.74) is 1.02. The highest BCUT2D eigenvalue weighted by Crippen LogP contribution is 2.27. The van der Waals surface area contributed by atoms with Crippen molar-refractivity contribution in [2.24, 2.45) is 5.10 Å². The molecule has 0 unspecified atom stereocenters. The first kappa shape index (κ1) is 24.0. The topological polar surface area (TPSA) is 113 Å². The van der Waals surface area contributed by atoms with Crippen LogP contribution in [0.25, 0.3) is 10.9 Å². The third kappa shape index (κ3) is 5.14. The zero-order chi connectivity index (χ0) is 24.4. The molecule has 0 radical (unpaired) electrons. The van der Waals surface area contributed by atoms with Gasteiger partial charge in [0.1, 0.15) is 17.8 Å². The van der Waals surface area contributed by atoms with Crippen LogP contribution in [-0.4, -0.2) is 25.8 Å². The van der Waals surface area contributed by atoms with Crippen molar-refractivity contribution in [2.45, 2.75) is 19.8 Å². The standard InChI is InChI=1S/C23H17BrIN5O4/c1-13(2)22-28-19-6-4-15(24)10-17(19)23(31)29(22)27-11-14-3-7-20(18(25)9-14)34-21-8-5-16(12-26-21)30(32)33/h3-13H,1-2H3. The molecule has 11 heteroatoms. The fraction of sp³-hybridized carbons (Fsp3) is 0.130. The lowest BCUT2D eigenvalue weighted by Crippen LogP contribution is -2.23. The van der Waals surface area contributed by atoms with E-state index in [0.29, 0.717) is 22.5 Å². The first-order valence-electron chi connectivity index (χ1n) is 10.1. The van der Waals surface area contributed by atoms with Gasteiger partial charge in [0.2, 0.25) is 5.88 Å². The van der Waals surface area contributed by atoms with E-state index in [1.54, 1.807) is 24.4 Å². The molecule has 172 valence electrons. The molecular weight excluding hydrogens is 617 g/mol. The fourth-order valence-electron chi connectivity index (χ4n) is 3.11. The second kappa shape index (κ2) is 9.97. The number of ether oxygens (including phenoxy) is 1. The fourth-order valence-corrected chi connectivity index (χ4v) is 4.12. The maximum atomic E-state index is 13.1. The zero-order valence-corrected chi connectivity index (χ0v) is 21.7. The van der Waals surface area contributed by atoms with Crippen LogP contribution in [0.5, 0.6) is 11.6 Å². The number of rotatable bonds is 6. The van der Waals surface area contributed by atoms with E-state index in [4.69, 9.17) is 4.74 Å². The van der Waals surface area contributed by atoms with Crippen molar-refractivity contribution in [1.82, 2.24) is 14.6 Å². The first-order chi connectivity index (χ1) is 16.2. The average Bonchev–Trinajstić information content (AvgIpc) is 2.80. The number of nitro groups is 1. The second-order valence-corrected chi connectivity index (χ2v) is 9.63. The minimum Gasteiger partial charge on any atom is -0.438 e. The molecule has 0 saturated heterocycles. The van der Waals surface area contributed by atoms with Crippen LogP contribution in [0.3, 0.4) is 0 Å². The first-order valence-corrected chi connectivity index (χ1v) is 11.9. The van der Waals surface area contributed by atoms with Crippen LogP contribution in [0.4, 0.5) is 5.69 Å². The van der Waals surface area contributed by atoms with Crippen molar-refractivity contribution in [3.8, 4) is 11.6 Å². The van der Waals surface area contributed by atoms with Gasteiger partial charge in [-0.05, 0) is 64.6 Å². The summed E-state index contributed by atoms with van der Waals surface area (Å²) in [7, 11) is 0. The summed E-state index contributed by atoms with van der Waals surface area (Å²) >= 11 is 5.52. The largest absolute Gasteiger partial charge is 0.438 e. The Kier molecular flexibility index (Phi) is 7.03. The van der Waals surface area contributed by atoms with Gasteiger partial charge in [-0.3, -0.25) is 14.9 Å². The summed E-state index contributed by atoms with van der Waals surface area (Å²) in [5.74, 6) is 1.33. The van der Waals surface area contributed by atoms with Gasteiger partial charge < -0.3 is 4.74 Å². The summed E-state index contributed by atoms with van der Waals surface area (Å²) in [6, 6.07) is 13.5. The number of aromatic nitrogens is 3. The maximum absolute atomic E-state index is 13.1. The molecule has 4 rings (SSSR count). The lowest BCUT2D eigenvalue weighted by molar-refractivity contribution is -0.385. The molecule has 9 nitrogen and oxygen atoms in total. The molecule has 2 aromatic heterocycles. The van der Waals surface area contributed by atoms with Crippen LogP contribution < -0.4 is 10.3 Å². The summed E-state index contributed by atoms with van der Waals surface area (Å²) < 4.78 is 8.63. The highest BCUT2D eigenvalue weighted by atomic mass is 127. The van der Waals surface area contributed by atoms with Crippen LogP contribution in [0.15, 0.2) is 69.1 Å². The third-order valence-electron chi connectivity index (χ3n) is 4.77. The second-order valence-electron chi connectivity index (χ2n) is 7.55. The Morgan fingerprint density at radius 3 is 2.65 bits per heavy atom. The Hall–Kier alpha value is -3.19. The van der Waals surface area contributed by atoms with E-state index in [-0.39, 0.29) is 23.0 Å². The predicted molar refractivity (Wildman–Crippen MR) is 141 cm³/mol. The van der Waals surface area contributed by atoms with Crippen LogP contribution in [0.1, 0.15) is 31.2 Å². The third-order valence-corrected chi connectivity index (χ3v) is 6.11. The van der Waals surface area contributed by atoms with Crippen molar-refractivity contribution >= 4 is 61.3 Å². The highest BCUT2D eigenvalue weighted by molar-refractivity contribution is 14.1. The lowest BCUT2D eigenvalue weighted by Gasteiger charge is -2.12. The van der Waals surface area contributed by atoms with Crippen molar-refractivity contribution in [1.29, 1.82) is 0 Å². The molecule has 0 amide bonds. The summed E-state index contributed by atoms with van der Waals surface area (Å²) in [6.45, 7) is 3.92. The van der Waals surface area contributed by atoms with Gasteiger partial charge in [-0.15, -0.1) is 0 Å². The molecule has 0 aliphatic heterocycles. The van der Waals surface area contributed by atoms with Gasteiger partial charge in [0.25, 0.3) is 11.2 Å². The molecule has 0 saturated carbocycles. The number of nitrogens with zero attached hydrogens (tertiary/aromatic N) is 5. The molecule has 4 aromatic rings. The Morgan fingerprint density at radius 2 is 2.00 bits per heavy atom. The Balaban J connectivity index is 1.63. The van der Waals surface area contributed by atoms with E-state index < -0.39 is 4.92 Å². The SMILES string of the molecule is CC(C)c1nc2ccc(Br)cc2c(=O)n1N=Cc1ccc(Oc2ccc([N+](=O)[O-])cn2)c(I)c1. The Morgan fingerprint density at radius 1 is 1.21 bits per heavy atom. The van der Waals surface area contributed by atoms with E-state index in [0.717, 1.165) is 19.8 Å². The monoisotopic (exact) mass is 633 g/mol. The molecule has 34 heavy (non-hydrogen) atoms. The molecule has 0 aliphatic carbocycles. The number of pyridine rings is 1. The quantitative estimate of drug-likeness (QED) is 0.114. The number of halogens is 2. The smallest absolute Gasteiger partial charge is 0.287 e. The summed E-state index contributed by atoms with van der Waals surface area (Å²) in [5, 5.41) is 15.7. The molecule has 0 spiro atoms. The molecule has 0 atom stereocenters. The molecule has 2 heterocycles. The molecule has 2 aromatic carbocycles. The Labute approximate surface area is 215 Å². The molecule has 0 aliphatic rings. The highest BCUT2D eigenvalue weighted by Gasteiger charge is 2.14. The molecular formula is C23H17BrIN5O4. The minimum absolute atomic E-state index is 0.0111. The van der Waals surface area contributed by atoms with Gasteiger partial charge in [-0.2, -0.15) is 9.78 Å². The van der Waals surface area contributed by atoms with E-state index in [9.17, 15) is 14.9 Å². The normalized spacial score (nSPS) is 11.4. The minimum atomic E-state index is -0.519. The number of fused-ring (bicyclic) bond motifs is 1. The molecule has 0 fully saturated rings. The summed E-state index contributed by atoms with van der Waals surface area (Å²) in [4.78, 5) is 32.0. The van der Waals surface area contributed by atoms with Gasteiger partial charge in [0, 0.05) is 22.5 Å². The van der Waals surface area contributed by atoms with E-state index in [2.05, 4.69) is 53.6 Å².